The second kappa shape index (κ2) is 8.28. The molecule has 0 amide bonds. The molecule has 2 N–H and O–H groups in total. The molecule has 0 spiro atoms. The van der Waals surface area contributed by atoms with Crippen molar-refractivity contribution in [1.29, 1.82) is 0 Å². The number of likely N-dealkylation sites (tertiary alicyclic amines) is 1. The van der Waals surface area contributed by atoms with E-state index in [0.29, 0.717) is 6.04 Å². The van der Waals surface area contributed by atoms with Crippen LogP contribution in [0.2, 0.25) is 0 Å². The van der Waals surface area contributed by atoms with Gasteiger partial charge in [-0.3, -0.25) is 4.90 Å². The Labute approximate surface area is 112 Å². The normalized spacial score (nSPS) is 20.4. The van der Waals surface area contributed by atoms with Crippen molar-refractivity contribution in [2.75, 3.05) is 13.6 Å². The lowest BCUT2D eigenvalue weighted by Gasteiger charge is -2.38. The first-order valence-corrected chi connectivity index (χ1v) is 7.15. The van der Waals surface area contributed by atoms with Crippen LogP contribution >= 0.6 is 0 Å². The predicted molar refractivity (Wildman–Crippen MR) is 79.7 cm³/mol. The van der Waals surface area contributed by atoms with Crippen LogP contribution in [0.3, 0.4) is 0 Å². The molecule has 1 aromatic carbocycles. The molecule has 0 bridgehead atoms. The molecule has 1 aliphatic rings. The molecule has 1 saturated heterocycles. The quantitative estimate of drug-likeness (QED) is 0.891. The summed E-state index contributed by atoms with van der Waals surface area (Å²) in [5, 5.41) is 0. The molecule has 18 heavy (non-hydrogen) atoms. The van der Waals surface area contributed by atoms with Gasteiger partial charge >= 0.3 is 0 Å². The Bertz CT molecular complexity index is 308. The van der Waals surface area contributed by atoms with Crippen LogP contribution in [0.4, 0.5) is 0 Å². The van der Waals surface area contributed by atoms with Crippen LogP contribution in [0.15, 0.2) is 30.3 Å². The summed E-state index contributed by atoms with van der Waals surface area (Å²) >= 11 is 0. The number of nitrogens with two attached hydrogens (primary N) is 1. The van der Waals surface area contributed by atoms with E-state index in [1.54, 1.807) is 0 Å². The van der Waals surface area contributed by atoms with E-state index >= 15 is 0 Å². The van der Waals surface area contributed by atoms with Gasteiger partial charge in [-0.05, 0) is 52.3 Å². The van der Waals surface area contributed by atoms with Gasteiger partial charge in [0.1, 0.15) is 0 Å². The summed E-state index contributed by atoms with van der Waals surface area (Å²) in [4.78, 5) is 2.68. The van der Waals surface area contributed by atoms with Gasteiger partial charge in [0.2, 0.25) is 0 Å². The maximum absolute atomic E-state index is 4.50. The van der Waals surface area contributed by atoms with E-state index in [9.17, 15) is 0 Å². The minimum atomic E-state index is 0.689. The first-order valence-electron chi connectivity index (χ1n) is 7.15. The van der Waals surface area contributed by atoms with Gasteiger partial charge in [-0.25, -0.2) is 0 Å². The van der Waals surface area contributed by atoms with Crippen LogP contribution in [0.25, 0.3) is 0 Å². The summed E-state index contributed by atoms with van der Waals surface area (Å²) in [6, 6.07) is 12.4. The molecule has 1 heterocycles. The molecule has 2 nitrogen and oxygen atoms in total. The summed E-state index contributed by atoms with van der Waals surface area (Å²) in [6.45, 7) is 5.93. The molecule has 1 aromatic rings. The molecule has 2 heteroatoms. The topological polar surface area (TPSA) is 29.3 Å². The van der Waals surface area contributed by atoms with E-state index in [2.05, 4.69) is 54.8 Å². The van der Waals surface area contributed by atoms with Gasteiger partial charge in [0.05, 0.1) is 0 Å². The molecular weight excluding hydrogens is 220 g/mol. The Morgan fingerprint density at radius 3 is 2.44 bits per heavy atom. The van der Waals surface area contributed by atoms with Gasteiger partial charge < -0.3 is 5.73 Å². The summed E-state index contributed by atoms with van der Waals surface area (Å²) in [5.41, 5.74) is 5.99. The minimum Gasteiger partial charge on any atom is -0.333 e. The standard InChI is InChI=1S/C15H23N.CH5N/c1-13(2)16-11-7-6-10-15(16)12-14-8-4-3-5-9-14;1-2/h3-5,8-9,13,15H,6-7,10-12H2,1-2H3;2H2,1H3. The van der Waals surface area contributed by atoms with E-state index in [1.807, 2.05) is 0 Å². The van der Waals surface area contributed by atoms with Crippen LogP contribution in [0.1, 0.15) is 38.7 Å². The SMILES string of the molecule is CC(C)N1CCCCC1Cc1ccccc1.CN. The molecule has 1 aliphatic heterocycles. The van der Waals surface area contributed by atoms with Crippen molar-refractivity contribution >= 4 is 0 Å². The largest absolute Gasteiger partial charge is 0.333 e. The highest BCUT2D eigenvalue weighted by molar-refractivity contribution is 5.16. The Balaban J connectivity index is 0.000000771. The second-order valence-corrected chi connectivity index (χ2v) is 5.17. The van der Waals surface area contributed by atoms with E-state index in [-0.39, 0.29) is 0 Å². The van der Waals surface area contributed by atoms with Crippen LogP contribution in [0.5, 0.6) is 0 Å². The second-order valence-electron chi connectivity index (χ2n) is 5.17. The molecule has 0 saturated carbocycles. The molecule has 1 atom stereocenters. The number of hydrogen-bond acceptors (Lipinski definition) is 2. The summed E-state index contributed by atoms with van der Waals surface area (Å²) < 4.78 is 0. The Hall–Kier alpha value is -0.860. The third-order valence-electron chi connectivity index (χ3n) is 3.65. The highest BCUT2D eigenvalue weighted by Crippen LogP contribution is 2.22. The number of rotatable bonds is 3. The average molecular weight is 248 g/mol. The van der Waals surface area contributed by atoms with Crippen LogP contribution in [-0.2, 0) is 6.42 Å². The summed E-state index contributed by atoms with van der Waals surface area (Å²) in [5.74, 6) is 0. The Morgan fingerprint density at radius 1 is 1.17 bits per heavy atom. The maximum Gasteiger partial charge on any atom is 0.0138 e. The van der Waals surface area contributed by atoms with Crippen molar-refractivity contribution in [3.63, 3.8) is 0 Å². The van der Waals surface area contributed by atoms with E-state index in [4.69, 9.17) is 0 Å². The lowest BCUT2D eigenvalue weighted by Crippen LogP contribution is -2.44. The number of hydrogen-bond donors (Lipinski definition) is 1. The van der Waals surface area contributed by atoms with E-state index in [0.717, 1.165) is 6.04 Å². The van der Waals surface area contributed by atoms with Crippen molar-refractivity contribution in [2.24, 2.45) is 5.73 Å². The first kappa shape index (κ1) is 15.2. The molecule has 1 fully saturated rings. The van der Waals surface area contributed by atoms with Crippen molar-refractivity contribution in [1.82, 2.24) is 4.90 Å². The number of nitrogens with zero attached hydrogens (tertiary/aromatic N) is 1. The van der Waals surface area contributed by atoms with Gasteiger partial charge in [-0.15, -0.1) is 0 Å². The molecular formula is C16H28N2. The van der Waals surface area contributed by atoms with Crippen LogP contribution in [-0.4, -0.2) is 30.6 Å². The van der Waals surface area contributed by atoms with Gasteiger partial charge in [0, 0.05) is 12.1 Å². The Kier molecular flexibility index (Phi) is 6.99. The van der Waals surface area contributed by atoms with Gasteiger partial charge in [0.25, 0.3) is 0 Å². The monoisotopic (exact) mass is 248 g/mol. The zero-order valence-corrected chi connectivity index (χ0v) is 12.1. The molecule has 1 unspecified atom stereocenters. The molecule has 0 radical (unpaired) electrons. The lowest BCUT2D eigenvalue weighted by atomic mass is 9.94. The minimum absolute atomic E-state index is 0.689. The maximum atomic E-state index is 4.50. The van der Waals surface area contributed by atoms with Crippen LogP contribution < -0.4 is 5.73 Å². The third-order valence-corrected chi connectivity index (χ3v) is 3.65. The first-order chi connectivity index (χ1) is 8.77. The van der Waals surface area contributed by atoms with Gasteiger partial charge in [-0.2, -0.15) is 0 Å². The number of benzene rings is 1. The van der Waals surface area contributed by atoms with Crippen molar-refractivity contribution in [3.05, 3.63) is 35.9 Å². The summed E-state index contributed by atoms with van der Waals surface area (Å²) in [7, 11) is 1.50. The van der Waals surface area contributed by atoms with E-state index < -0.39 is 0 Å². The number of piperidine rings is 1. The van der Waals surface area contributed by atoms with Crippen molar-refractivity contribution < 1.29 is 0 Å². The van der Waals surface area contributed by atoms with Gasteiger partial charge in [0.15, 0.2) is 0 Å². The Morgan fingerprint density at radius 2 is 1.83 bits per heavy atom. The van der Waals surface area contributed by atoms with Crippen molar-refractivity contribution in [2.45, 2.75) is 51.6 Å². The zero-order chi connectivity index (χ0) is 13.4. The molecule has 0 aromatic heterocycles. The third kappa shape index (κ3) is 4.43. The highest BCUT2D eigenvalue weighted by atomic mass is 15.2. The fraction of sp³-hybridized carbons (Fsp3) is 0.625. The highest BCUT2D eigenvalue weighted by Gasteiger charge is 2.24. The van der Waals surface area contributed by atoms with Crippen molar-refractivity contribution in [3.8, 4) is 0 Å². The average Bonchev–Trinajstić information content (AvgIpc) is 2.42. The lowest BCUT2D eigenvalue weighted by molar-refractivity contribution is 0.111. The zero-order valence-electron chi connectivity index (χ0n) is 12.1. The fourth-order valence-corrected chi connectivity index (χ4v) is 2.81. The summed E-state index contributed by atoms with van der Waals surface area (Å²) in [6.07, 6.45) is 5.37. The molecule has 0 aliphatic carbocycles. The smallest absolute Gasteiger partial charge is 0.0138 e. The predicted octanol–water partition coefficient (Wildman–Crippen LogP) is 3.07. The van der Waals surface area contributed by atoms with E-state index in [1.165, 1.54) is 44.8 Å². The fourth-order valence-electron chi connectivity index (χ4n) is 2.81. The molecule has 102 valence electrons. The van der Waals surface area contributed by atoms with Gasteiger partial charge in [-0.1, -0.05) is 36.8 Å². The van der Waals surface area contributed by atoms with Crippen LogP contribution in [0, 0.1) is 0 Å². The molecule has 2 rings (SSSR count).